The first-order chi connectivity index (χ1) is 15.0. The van der Waals surface area contributed by atoms with Crippen molar-refractivity contribution >= 4 is 34.3 Å². The third kappa shape index (κ3) is 3.88. The third-order valence-corrected chi connectivity index (χ3v) is 6.29. The van der Waals surface area contributed by atoms with Crippen molar-refractivity contribution < 1.29 is 14.0 Å². The van der Waals surface area contributed by atoms with Gasteiger partial charge in [0.15, 0.2) is 0 Å². The van der Waals surface area contributed by atoms with Crippen molar-refractivity contribution in [3.05, 3.63) is 76.2 Å². The van der Waals surface area contributed by atoms with E-state index in [0.717, 1.165) is 35.5 Å². The maximum Gasteiger partial charge on any atom is 0.255 e. The molecule has 3 aromatic rings. The van der Waals surface area contributed by atoms with Crippen molar-refractivity contribution in [1.29, 1.82) is 0 Å². The van der Waals surface area contributed by atoms with Gasteiger partial charge in [0, 0.05) is 43.2 Å². The molecule has 5 nitrogen and oxygen atoms in total. The van der Waals surface area contributed by atoms with Crippen LogP contribution >= 0.6 is 11.6 Å². The van der Waals surface area contributed by atoms with Gasteiger partial charge in [0.1, 0.15) is 5.82 Å². The summed E-state index contributed by atoms with van der Waals surface area (Å²) in [6, 6.07) is 13.4. The first-order valence-electron chi connectivity index (χ1n) is 10.4. The summed E-state index contributed by atoms with van der Waals surface area (Å²) in [4.78, 5) is 34.4. The van der Waals surface area contributed by atoms with Crippen molar-refractivity contribution in [1.82, 2.24) is 14.8 Å². The largest absolute Gasteiger partial charge is 0.335 e. The maximum absolute atomic E-state index is 13.4. The molecule has 5 rings (SSSR count). The highest BCUT2D eigenvalue weighted by Gasteiger charge is 2.30. The Balaban J connectivity index is 1.34. The van der Waals surface area contributed by atoms with E-state index in [9.17, 15) is 14.0 Å². The second kappa shape index (κ2) is 7.93. The highest BCUT2D eigenvalue weighted by Crippen LogP contribution is 2.40. The standard InChI is InChI=1S/C24H21ClFN3O2/c25-20-13-16(26)7-8-18(20)23(30)28-9-11-29(12-10-28)24(31)19-14-22(15-5-6-15)27-21-4-2-1-3-17(19)21/h1-4,7-8,13-15H,5-6,9-12H2. The Morgan fingerprint density at radius 2 is 1.55 bits per heavy atom. The lowest BCUT2D eigenvalue weighted by atomic mass is 10.0. The van der Waals surface area contributed by atoms with Crippen molar-refractivity contribution in [2.75, 3.05) is 26.2 Å². The number of carbonyl (C=O) groups is 2. The average Bonchev–Trinajstić information content (AvgIpc) is 3.63. The highest BCUT2D eigenvalue weighted by molar-refractivity contribution is 6.33. The van der Waals surface area contributed by atoms with Crippen molar-refractivity contribution in [3.8, 4) is 0 Å². The molecular formula is C24H21ClFN3O2. The summed E-state index contributed by atoms with van der Waals surface area (Å²) in [7, 11) is 0. The molecule has 0 radical (unpaired) electrons. The molecule has 0 atom stereocenters. The van der Waals surface area contributed by atoms with Gasteiger partial charge in [0.2, 0.25) is 0 Å². The summed E-state index contributed by atoms with van der Waals surface area (Å²) in [5.74, 6) is -0.312. The monoisotopic (exact) mass is 437 g/mol. The van der Waals surface area contributed by atoms with E-state index in [1.165, 1.54) is 12.1 Å². The van der Waals surface area contributed by atoms with Crippen LogP contribution in [0.3, 0.4) is 0 Å². The Kier molecular flexibility index (Phi) is 5.10. The van der Waals surface area contributed by atoms with Gasteiger partial charge in [-0.15, -0.1) is 0 Å². The molecule has 1 saturated carbocycles. The van der Waals surface area contributed by atoms with Gasteiger partial charge < -0.3 is 9.80 Å². The van der Waals surface area contributed by atoms with Crippen molar-refractivity contribution in [2.24, 2.45) is 0 Å². The normalized spacial score (nSPS) is 16.6. The highest BCUT2D eigenvalue weighted by atomic mass is 35.5. The lowest BCUT2D eigenvalue weighted by molar-refractivity contribution is 0.0536. The minimum Gasteiger partial charge on any atom is -0.335 e. The molecule has 1 aromatic heterocycles. The number of rotatable bonds is 3. The Morgan fingerprint density at radius 1 is 0.903 bits per heavy atom. The maximum atomic E-state index is 13.4. The summed E-state index contributed by atoms with van der Waals surface area (Å²) in [6.07, 6.45) is 2.23. The number of carbonyl (C=O) groups excluding carboxylic acids is 2. The van der Waals surface area contributed by atoms with Crippen LogP contribution in [0.4, 0.5) is 4.39 Å². The second-order valence-electron chi connectivity index (χ2n) is 8.09. The topological polar surface area (TPSA) is 53.5 Å². The summed E-state index contributed by atoms with van der Waals surface area (Å²) in [6.45, 7) is 1.66. The fourth-order valence-electron chi connectivity index (χ4n) is 4.08. The van der Waals surface area contributed by atoms with Crippen LogP contribution in [0.2, 0.25) is 5.02 Å². The predicted molar refractivity (Wildman–Crippen MR) is 117 cm³/mol. The number of hydrogen-bond acceptors (Lipinski definition) is 3. The van der Waals surface area contributed by atoms with Crippen molar-refractivity contribution in [2.45, 2.75) is 18.8 Å². The molecule has 0 spiro atoms. The zero-order valence-electron chi connectivity index (χ0n) is 16.9. The third-order valence-electron chi connectivity index (χ3n) is 5.98. The minimum absolute atomic E-state index is 0.0348. The fraction of sp³-hybridized carbons (Fsp3) is 0.292. The Hall–Kier alpha value is -2.99. The summed E-state index contributed by atoms with van der Waals surface area (Å²) >= 11 is 6.05. The van der Waals surface area contributed by atoms with Gasteiger partial charge in [-0.25, -0.2) is 4.39 Å². The molecule has 2 aliphatic rings. The fourth-order valence-corrected chi connectivity index (χ4v) is 4.33. The quantitative estimate of drug-likeness (QED) is 0.606. The van der Waals surface area contributed by atoms with E-state index in [1.54, 1.807) is 9.80 Å². The summed E-state index contributed by atoms with van der Waals surface area (Å²) in [5.41, 5.74) is 2.78. The lowest BCUT2D eigenvalue weighted by Gasteiger charge is -2.35. The molecule has 0 N–H and O–H groups in total. The number of piperazine rings is 1. The van der Waals surface area contributed by atoms with E-state index in [-0.39, 0.29) is 22.4 Å². The molecule has 31 heavy (non-hydrogen) atoms. The van der Waals surface area contributed by atoms with Crippen LogP contribution in [0, 0.1) is 5.82 Å². The number of para-hydroxylation sites is 1. The smallest absolute Gasteiger partial charge is 0.255 e. The molecule has 2 aromatic carbocycles. The van der Waals surface area contributed by atoms with Gasteiger partial charge in [-0.3, -0.25) is 14.6 Å². The molecule has 1 aliphatic carbocycles. The number of benzene rings is 2. The Labute approximate surface area is 184 Å². The van der Waals surface area contributed by atoms with Gasteiger partial charge >= 0.3 is 0 Å². The van der Waals surface area contributed by atoms with Crippen LogP contribution in [-0.4, -0.2) is 52.8 Å². The molecule has 0 bridgehead atoms. The molecule has 1 aliphatic heterocycles. The average molecular weight is 438 g/mol. The molecular weight excluding hydrogens is 417 g/mol. The molecule has 2 amide bonds. The van der Waals surface area contributed by atoms with E-state index < -0.39 is 5.82 Å². The van der Waals surface area contributed by atoms with Crippen LogP contribution in [-0.2, 0) is 0 Å². The number of amides is 2. The molecule has 7 heteroatoms. The van der Waals surface area contributed by atoms with Gasteiger partial charge in [-0.1, -0.05) is 29.8 Å². The van der Waals surface area contributed by atoms with E-state index in [2.05, 4.69) is 0 Å². The van der Waals surface area contributed by atoms with Gasteiger partial charge in [0.05, 0.1) is 21.7 Å². The van der Waals surface area contributed by atoms with E-state index in [4.69, 9.17) is 16.6 Å². The van der Waals surface area contributed by atoms with Crippen molar-refractivity contribution in [3.63, 3.8) is 0 Å². The molecule has 158 valence electrons. The van der Waals surface area contributed by atoms with Crippen LogP contribution in [0.1, 0.15) is 45.2 Å². The second-order valence-corrected chi connectivity index (χ2v) is 8.50. The van der Waals surface area contributed by atoms with E-state index in [1.807, 2.05) is 30.3 Å². The van der Waals surface area contributed by atoms with Crippen LogP contribution < -0.4 is 0 Å². The number of fused-ring (bicyclic) bond motifs is 1. The van der Waals surface area contributed by atoms with E-state index >= 15 is 0 Å². The number of aromatic nitrogens is 1. The Morgan fingerprint density at radius 3 is 2.19 bits per heavy atom. The molecule has 0 unspecified atom stereocenters. The zero-order valence-corrected chi connectivity index (χ0v) is 17.6. The predicted octanol–water partition coefficient (Wildman–Crippen LogP) is 4.50. The lowest BCUT2D eigenvalue weighted by Crippen LogP contribution is -2.50. The van der Waals surface area contributed by atoms with Gasteiger partial charge in [0.25, 0.3) is 11.8 Å². The molecule has 2 fully saturated rings. The number of halogens is 2. The minimum atomic E-state index is -0.480. The van der Waals surface area contributed by atoms with Crippen LogP contribution in [0.5, 0.6) is 0 Å². The SMILES string of the molecule is O=C(c1ccc(F)cc1Cl)N1CCN(C(=O)c2cc(C3CC3)nc3ccccc23)CC1. The van der Waals surface area contributed by atoms with Crippen LogP contribution in [0.25, 0.3) is 10.9 Å². The van der Waals surface area contributed by atoms with Crippen LogP contribution in [0.15, 0.2) is 48.5 Å². The summed E-state index contributed by atoms with van der Waals surface area (Å²) < 4.78 is 13.3. The number of nitrogens with zero attached hydrogens (tertiary/aromatic N) is 3. The molecule has 1 saturated heterocycles. The zero-order chi connectivity index (χ0) is 21.5. The number of hydrogen-bond donors (Lipinski definition) is 0. The van der Waals surface area contributed by atoms with Gasteiger partial charge in [-0.05, 0) is 43.2 Å². The molecule has 2 heterocycles. The Bertz CT molecular complexity index is 1190. The summed E-state index contributed by atoms with van der Waals surface area (Å²) in [5, 5.41) is 0.952. The number of pyridine rings is 1. The van der Waals surface area contributed by atoms with Gasteiger partial charge in [-0.2, -0.15) is 0 Å². The first kappa shape index (κ1) is 19.9. The van der Waals surface area contributed by atoms with E-state index in [0.29, 0.717) is 37.7 Å². The first-order valence-corrected chi connectivity index (χ1v) is 10.8.